The number of rotatable bonds is 5. The summed E-state index contributed by atoms with van der Waals surface area (Å²) in [4.78, 5) is 0. The van der Waals surface area contributed by atoms with Crippen LogP contribution < -0.4 is 5.32 Å². The molecule has 0 radical (unpaired) electrons. The Morgan fingerprint density at radius 1 is 1.67 bits per heavy atom. The Balaban J connectivity index is 2.67. The Morgan fingerprint density at radius 2 is 2.40 bits per heavy atom. The van der Waals surface area contributed by atoms with Gasteiger partial charge in [-0.2, -0.15) is 5.10 Å². The Bertz CT molecular complexity index is 348. The minimum absolute atomic E-state index is 0.640. The van der Waals surface area contributed by atoms with Crippen molar-refractivity contribution in [2.24, 2.45) is 13.0 Å². The van der Waals surface area contributed by atoms with E-state index >= 15 is 0 Å². The second-order valence-corrected chi connectivity index (χ2v) is 4.01. The highest BCUT2D eigenvalue weighted by Crippen LogP contribution is 2.12. The summed E-state index contributed by atoms with van der Waals surface area (Å²) in [5, 5.41) is 7.40. The lowest BCUT2D eigenvalue weighted by atomic mass is 10.1. The molecular weight excluding hydrogens is 186 g/mol. The third-order valence-electron chi connectivity index (χ3n) is 2.04. The fourth-order valence-electron chi connectivity index (χ4n) is 1.23. The van der Waals surface area contributed by atoms with Gasteiger partial charge in [-0.1, -0.05) is 26.5 Å². The molecule has 0 saturated heterocycles. The summed E-state index contributed by atoms with van der Waals surface area (Å²) in [7, 11) is 1.91. The first-order valence-electron chi connectivity index (χ1n) is 5.18. The van der Waals surface area contributed by atoms with Crippen molar-refractivity contribution in [3.63, 3.8) is 0 Å². The molecule has 1 rings (SSSR count). The van der Waals surface area contributed by atoms with Crippen molar-refractivity contribution in [1.29, 1.82) is 0 Å². The van der Waals surface area contributed by atoms with E-state index in [-0.39, 0.29) is 0 Å². The van der Waals surface area contributed by atoms with E-state index in [0.29, 0.717) is 5.92 Å². The molecule has 1 aromatic rings. The third-order valence-corrected chi connectivity index (χ3v) is 2.04. The van der Waals surface area contributed by atoms with Crippen molar-refractivity contribution >= 4 is 5.57 Å². The van der Waals surface area contributed by atoms with Crippen molar-refractivity contribution in [3.05, 3.63) is 36.8 Å². The highest BCUT2D eigenvalue weighted by atomic mass is 15.2. The summed E-state index contributed by atoms with van der Waals surface area (Å²) in [5.41, 5.74) is 2.16. The van der Waals surface area contributed by atoms with Crippen LogP contribution in [-0.2, 0) is 7.05 Å². The normalized spacial score (nSPS) is 11.9. The molecule has 0 aliphatic rings. The molecule has 0 bridgehead atoms. The first-order valence-corrected chi connectivity index (χ1v) is 5.18. The number of hydrogen-bond acceptors (Lipinski definition) is 2. The van der Waals surface area contributed by atoms with E-state index in [1.54, 1.807) is 4.68 Å². The molecule has 0 aliphatic heterocycles. The minimum Gasteiger partial charge on any atom is -0.390 e. The maximum atomic E-state index is 4.13. The summed E-state index contributed by atoms with van der Waals surface area (Å²) in [6.07, 6.45) is 7.64. The van der Waals surface area contributed by atoms with Gasteiger partial charge in [-0.3, -0.25) is 4.68 Å². The standard InChI is InChI=1S/C12H19N3/c1-5-11(7-13-6-10(2)3)12-8-14-15(4)9-12/h5,7-10,13H,1,6H2,2-4H3/b11-7+. The second-order valence-electron chi connectivity index (χ2n) is 4.01. The highest BCUT2D eigenvalue weighted by molar-refractivity contribution is 5.72. The molecule has 0 atom stereocenters. The highest BCUT2D eigenvalue weighted by Gasteiger charge is 1.99. The van der Waals surface area contributed by atoms with E-state index in [2.05, 4.69) is 30.8 Å². The molecule has 3 nitrogen and oxygen atoms in total. The lowest BCUT2D eigenvalue weighted by Gasteiger charge is -2.05. The Hall–Kier alpha value is -1.51. The van der Waals surface area contributed by atoms with Gasteiger partial charge >= 0.3 is 0 Å². The number of hydrogen-bond donors (Lipinski definition) is 1. The van der Waals surface area contributed by atoms with Crippen LogP contribution in [-0.4, -0.2) is 16.3 Å². The molecule has 0 spiro atoms. The quantitative estimate of drug-likeness (QED) is 0.747. The van der Waals surface area contributed by atoms with E-state index in [1.807, 2.05) is 31.7 Å². The number of nitrogens with one attached hydrogen (secondary N) is 1. The van der Waals surface area contributed by atoms with Gasteiger partial charge < -0.3 is 5.32 Å². The zero-order valence-electron chi connectivity index (χ0n) is 9.70. The fourth-order valence-corrected chi connectivity index (χ4v) is 1.23. The van der Waals surface area contributed by atoms with E-state index in [9.17, 15) is 0 Å². The van der Waals surface area contributed by atoms with Crippen LogP contribution >= 0.6 is 0 Å². The first-order chi connectivity index (χ1) is 7.13. The van der Waals surface area contributed by atoms with Crippen LogP contribution in [0.4, 0.5) is 0 Å². The van der Waals surface area contributed by atoms with Crippen LogP contribution in [0.2, 0.25) is 0 Å². The maximum absolute atomic E-state index is 4.13. The van der Waals surface area contributed by atoms with Crippen LogP contribution in [0.1, 0.15) is 19.4 Å². The number of aromatic nitrogens is 2. The molecule has 0 fully saturated rings. The summed E-state index contributed by atoms with van der Waals surface area (Å²) in [6.45, 7) is 9.13. The molecule has 1 aromatic heterocycles. The first kappa shape index (κ1) is 11.6. The summed E-state index contributed by atoms with van der Waals surface area (Å²) >= 11 is 0. The van der Waals surface area contributed by atoms with Crippen LogP contribution in [0.15, 0.2) is 31.2 Å². The van der Waals surface area contributed by atoms with Crippen LogP contribution in [0.25, 0.3) is 5.57 Å². The largest absolute Gasteiger partial charge is 0.390 e. The Labute approximate surface area is 91.5 Å². The van der Waals surface area contributed by atoms with Gasteiger partial charge in [0.05, 0.1) is 6.20 Å². The molecule has 3 heteroatoms. The van der Waals surface area contributed by atoms with Crippen molar-refractivity contribution in [2.75, 3.05) is 6.54 Å². The van der Waals surface area contributed by atoms with E-state index < -0.39 is 0 Å². The Kier molecular flexibility index (Phi) is 4.16. The van der Waals surface area contributed by atoms with E-state index in [0.717, 1.165) is 17.7 Å². The molecule has 1 heterocycles. The van der Waals surface area contributed by atoms with Crippen LogP contribution in [0, 0.1) is 5.92 Å². The summed E-state index contributed by atoms with van der Waals surface area (Å²) < 4.78 is 1.79. The molecular formula is C12H19N3. The van der Waals surface area contributed by atoms with Crippen LogP contribution in [0.3, 0.4) is 0 Å². The van der Waals surface area contributed by atoms with Crippen molar-refractivity contribution in [2.45, 2.75) is 13.8 Å². The van der Waals surface area contributed by atoms with Gasteiger partial charge in [-0.15, -0.1) is 0 Å². The molecule has 0 unspecified atom stereocenters. The Morgan fingerprint density at radius 3 is 2.87 bits per heavy atom. The molecule has 0 aliphatic carbocycles. The molecule has 0 aromatic carbocycles. The van der Waals surface area contributed by atoms with Gasteiger partial charge in [-0.05, 0) is 11.5 Å². The third kappa shape index (κ3) is 3.62. The number of nitrogens with zero attached hydrogens (tertiary/aromatic N) is 2. The van der Waals surface area contributed by atoms with Crippen molar-refractivity contribution in [3.8, 4) is 0 Å². The van der Waals surface area contributed by atoms with Gasteiger partial charge in [0.15, 0.2) is 0 Å². The minimum atomic E-state index is 0.640. The van der Waals surface area contributed by atoms with Crippen molar-refractivity contribution < 1.29 is 0 Å². The second kappa shape index (κ2) is 5.39. The molecule has 1 N–H and O–H groups in total. The lowest BCUT2D eigenvalue weighted by Crippen LogP contribution is -2.13. The topological polar surface area (TPSA) is 29.9 Å². The van der Waals surface area contributed by atoms with E-state index in [4.69, 9.17) is 0 Å². The lowest BCUT2D eigenvalue weighted by molar-refractivity contribution is 0.612. The molecule has 15 heavy (non-hydrogen) atoms. The SMILES string of the molecule is C=C/C(=C\NCC(C)C)c1cnn(C)c1. The zero-order chi connectivity index (χ0) is 11.3. The van der Waals surface area contributed by atoms with Crippen molar-refractivity contribution in [1.82, 2.24) is 15.1 Å². The maximum Gasteiger partial charge on any atom is 0.0568 e. The predicted octanol–water partition coefficient (Wildman–Crippen LogP) is 2.19. The number of aryl methyl sites for hydroxylation is 1. The van der Waals surface area contributed by atoms with Gasteiger partial charge in [-0.25, -0.2) is 0 Å². The van der Waals surface area contributed by atoms with Crippen LogP contribution in [0.5, 0.6) is 0 Å². The van der Waals surface area contributed by atoms with E-state index in [1.165, 1.54) is 0 Å². The summed E-state index contributed by atoms with van der Waals surface area (Å²) in [6, 6.07) is 0. The van der Waals surface area contributed by atoms with Gasteiger partial charge in [0.1, 0.15) is 0 Å². The monoisotopic (exact) mass is 205 g/mol. The number of allylic oxidation sites excluding steroid dienone is 2. The molecule has 82 valence electrons. The zero-order valence-corrected chi connectivity index (χ0v) is 9.70. The average molecular weight is 205 g/mol. The van der Waals surface area contributed by atoms with Gasteiger partial charge in [0.25, 0.3) is 0 Å². The predicted molar refractivity (Wildman–Crippen MR) is 64.2 cm³/mol. The van der Waals surface area contributed by atoms with Gasteiger partial charge in [0.2, 0.25) is 0 Å². The fraction of sp³-hybridized carbons (Fsp3) is 0.417. The van der Waals surface area contributed by atoms with Gasteiger partial charge in [0, 0.05) is 31.6 Å². The summed E-state index contributed by atoms with van der Waals surface area (Å²) in [5.74, 6) is 0.640. The average Bonchev–Trinajstić information content (AvgIpc) is 2.59. The molecule has 0 saturated carbocycles. The molecule has 0 amide bonds. The smallest absolute Gasteiger partial charge is 0.0568 e.